The SMILES string of the molecule is C=Cc1ncc(-c2ccccc2/C(=C\C)C(=C)/C=C\C(=C/C)c2ccc(-c3ccc(C#N)cc3)cc2)cc1/C=C\C. The quantitative estimate of drug-likeness (QED) is 0.202. The highest BCUT2D eigenvalue weighted by molar-refractivity contribution is 5.90. The Morgan fingerprint density at radius 3 is 2.12 bits per heavy atom. The molecule has 2 heteroatoms. The molecule has 0 aliphatic heterocycles. The first kappa shape index (κ1) is 28.7. The lowest BCUT2D eigenvalue weighted by atomic mass is 9.90. The first-order valence-corrected chi connectivity index (χ1v) is 13.7. The molecule has 3 aromatic carbocycles. The van der Waals surface area contributed by atoms with Crippen LogP contribution in [0.5, 0.6) is 0 Å². The molecule has 0 amide bonds. The van der Waals surface area contributed by atoms with E-state index in [2.05, 4.69) is 109 Å². The Hall–Kier alpha value is -5.26. The normalized spacial score (nSPS) is 12.0. The van der Waals surface area contributed by atoms with Crippen molar-refractivity contribution in [2.45, 2.75) is 20.8 Å². The van der Waals surface area contributed by atoms with Crippen molar-refractivity contribution in [1.29, 1.82) is 5.26 Å². The van der Waals surface area contributed by atoms with Gasteiger partial charge in [-0.25, -0.2) is 0 Å². The summed E-state index contributed by atoms with van der Waals surface area (Å²) >= 11 is 0. The third-order valence-corrected chi connectivity index (χ3v) is 6.99. The lowest BCUT2D eigenvalue weighted by molar-refractivity contribution is 1.28. The Balaban J connectivity index is 1.59. The summed E-state index contributed by atoms with van der Waals surface area (Å²) < 4.78 is 0. The van der Waals surface area contributed by atoms with Gasteiger partial charge in [0, 0.05) is 17.3 Å². The van der Waals surface area contributed by atoms with Crippen molar-refractivity contribution < 1.29 is 0 Å². The summed E-state index contributed by atoms with van der Waals surface area (Å²) in [5.74, 6) is 0. The number of aromatic nitrogens is 1. The second-order valence-electron chi connectivity index (χ2n) is 9.52. The van der Waals surface area contributed by atoms with Crippen LogP contribution in [0.2, 0.25) is 0 Å². The molecular weight excluding hydrogens is 496 g/mol. The van der Waals surface area contributed by atoms with E-state index in [9.17, 15) is 0 Å². The van der Waals surface area contributed by atoms with E-state index in [1.807, 2.05) is 57.3 Å². The summed E-state index contributed by atoms with van der Waals surface area (Å²) in [6, 6.07) is 28.9. The van der Waals surface area contributed by atoms with Crippen LogP contribution in [-0.2, 0) is 0 Å². The van der Waals surface area contributed by atoms with E-state index >= 15 is 0 Å². The second kappa shape index (κ2) is 13.7. The molecule has 0 aliphatic rings. The van der Waals surface area contributed by atoms with E-state index in [4.69, 9.17) is 5.26 Å². The number of rotatable bonds is 9. The highest BCUT2D eigenvalue weighted by atomic mass is 14.7. The summed E-state index contributed by atoms with van der Waals surface area (Å²) in [6.07, 6.45) is 16.2. The number of pyridine rings is 1. The molecule has 2 nitrogen and oxygen atoms in total. The van der Waals surface area contributed by atoms with Crippen molar-refractivity contribution in [3.8, 4) is 28.3 Å². The van der Waals surface area contributed by atoms with Crippen LogP contribution in [0.25, 0.3) is 45.6 Å². The van der Waals surface area contributed by atoms with Gasteiger partial charge in [0.15, 0.2) is 0 Å². The minimum Gasteiger partial charge on any atom is -0.256 e. The Kier molecular flexibility index (Phi) is 9.60. The molecule has 1 aromatic heterocycles. The molecule has 0 N–H and O–H groups in total. The van der Waals surface area contributed by atoms with E-state index in [0.717, 1.165) is 61.4 Å². The lowest BCUT2D eigenvalue weighted by Gasteiger charge is -2.15. The van der Waals surface area contributed by atoms with Crippen molar-refractivity contribution in [3.63, 3.8) is 0 Å². The predicted molar refractivity (Wildman–Crippen MR) is 177 cm³/mol. The monoisotopic (exact) mass is 530 g/mol. The summed E-state index contributed by atoms with van der Waals surface area (Å²) in [6.45, 7) is 14.4. The molecule has 0 saturated carbocycles. The van der Waals surface area contributed by atoms with Crippen molar-refractivity contribution in [2.75, 3.05) is 0 Å². The molecule has 0 saturated heterocycles. The molecule has 0 spiro atoms. The van der Waals surface area contributed by atoms with Gasteiger partial charge >= 0.3 is 0 Å². The minimum absolute atomic E-state index is 0.663. The van der Waals surface area contributed by atoms with Crippen LogP contribution < -0.4 is 0 Å². The maximum absolute atomic E-state index is 9.06. The largest absolute Gasteiger partial charge is 0.256 e. The van der Waals surface area contributed by atoms with Gasteiger partial charge in [-0.1, -0.05) is 110 Å². The van der Waals surface area contributed by atoms with E-state index in [-0.39, 0.29) is 0 Å². The van der Waals surface area contributed by atoms with Crippen LogP contribution in [0.4, 0.5) is 0 Å². The van der Waals surface area contributed by atoms with Crippen molar-refractivity contribution in [1.82, 2.24) is 4.98 Å². The van der Waals surface area contributed by atoms with Gasteiger partial charge in [-0.05, 0) is 89.6 Å². The van der Waals surface area contributed by atoms with Crippen LogP contribution >= 0.6 is 0 Å². The topological polar surface area (TPSA) is 36.7 Å². The fraction of sp³-hybridized carbons (Fsp3) is 0.0769. The molecule has 0 atom stereocenters. The van der Waals surface area contributed by atoms with Crippen LogP contribution in [-0.4, -0.2) is 4.98 Å². The zero-order chi connectivity index (χ0) is 29.2. The number of hydrogen-bond donors (Lipinski definition) is 0. The lowest BCUT2D eigenvalue weighted by Crippen LogP contribution is -1.94. The number of nitriles is 1. The third kappa shape index (κ3) is 6.67. The average molecular weight is 531 g/mol. The van der Waals surface area contributed by atoms with Crippen molar-refractivity contribution in [3.05, 3.63) is 162 Å². The first-order valence-electron chi connectivity index (χ1n) is 13.7. The van der Waals surface area contributed by atoms with E-state index in [0.29, 0.717) is 5.56 Å². The zero-order valence-corrected chi connectivity index (χ0v) is 23.9. The Labute approximate surface area is 244 Å². The van der Waals surface area contributed by atoms with Crippen LogP contribution in [0.3, 0.4) is 0 Å². The molecule has 4 rings (SSSR count). The molecule has 0 unspecified atom stereocenters. The molecule has 0 fully saturated rings. The van der Waals surface area contributed by atoms with Crippen LogP contribution in [0.15, 0.2) is 134 Å². The van der Waals surface area contributed by atoms with Crippen molar-refractivity contribution in [2.24, 2.45) is 0 Å². The Bertz CT molecular complexity index is 1720. The number of hydrogen-bond acceptors (Lipinski definition) is 2. The molecule has 0 aliphatic carbocycles. The van der Waals surface area contributed by atoms with Gasteiger partial charge in [0.1, 0.15) is 0 Å². The van der Waals surface area contributed by atoms with Gasteiger partial charge in [-0.2, -0.15) is 5.26 Å². The third-order valence-electron chi connectivity index (χ3n) is 6.99. The molecule has 41 heavy (non-hydrogen) atoms. The fourth-order valence-corrected chi connectivity index (χ4v) is 4.84. The Morgan fingerprint density at radius 2 is 1.51 bits per heavy atom. The molecule has 1 heterocycles. The van der Waals surface area contributed by atoms with Gasteiger partial charge in [-0.15, -0.1) is 0 Å². The Morgan fingerprint density at radius 1 is 0.829 bits per heavy atom. The maximum atomic E-state index is 9.06. The summed E-state index contributed by atoms with van der Waals surface area (Å²) in [5, 5.41) is 9.06. The first-order chi connectivity index (χ1) is 20.0. The van der Waals surface area contributed by atoms with Crippen molar-refractivity contribution >= 4 is 23.3 Å². The summed E-state index contributed by atoms with van der Waals surface area (Å²) in [4.78, 5) is 4.66. The molecule has 0 radical (unpaired) electrons. The highest BCUT2D eigenvalue weighted by Gasteiger charge is 2.12. The van der Waals surface area contributed by atoms with Gasteiger partial charge < -0.3 is 0 Å². The number of allylic oxidation sites excluding steroid dienone is 8. The molecule has 4 aromatic rings. The zero-order valence-electron chi connectivity index (χ0n) is 23.9. The molecular formula is C39H34N2. The van der Waals surface area contributed by atoms with E-state index in [1.54, 1.807) is 6.08 Å². The van der Waals surface area contributed by atoms with Crippen LogP contribution in [0, 0.1) is 11.3 Å². The number of benzene rings is 3. The van der Waals surface area contributed by atoms with Gasteiger partial charge in [0.25, 0.3) is 0 Å². The summed E-state index contributed by atoms with van der Waals surface area (Å²) in [7, 11) is 0. The standard InChI is InChI=1S/C39H34N2/c1-6-12-34-25-35(27-41-39(34)9-4)37-13-10-11-14-38(37)36(8-3)28(5)15-18-30(7-2)31-21-23-33(24-22-31)32-19-16-29(26-40)17-20-32/h6-25,27H,4-5H2,1-3H3/b12-6-,18-15-,30-7+,36-8-. The average Bonchev–Trinajstić information content (AvgIpc) is 3.02. The van der Waals surface area contributed by atoms with Gasteiger partial charge in [-0.3, -0.25) is 4.98 Å². The van der Waals surface area contributed by atoms with Gasteiger partial charge in [0.05, 0.1) is 17.3 Å². The minimum atomic E-state index is 0.663. The predicted octanol–water partition coefficient (Wildman–Crippen LogP) is 10.6. The number of nitrogens with zero attached hydrogens (tertiary/aromatic N) is 2. The smallest absolute Gasteiger partial charge is 0.0991 e. The molecule has 0 bridgehead atoms. The fourth-order valence-electron chi connectivity index (χ4n) is 4.84. The maximum Gasteiger partial charge on any atom is 0.0991 e. The molecule has 200 valence electrons. The van der Waals surface area contributed by atoms with E-state index < -0.39 is 0 Å². The highest BCUT2D eigenvalue weighted by Crippen LogP contribution is 2.34. The summed E-state index contributed by atoms with van der Waals surface area (Å²) in [5.41, 5.74) is 12.3. The second-order valence-corrected chi connectivity index (χ2v) is 9.52. The van der Waals surface area contributed by atoms with Crippen LogP contribution in [0.1, 0.15) is 48.7 Å². The van der Waals surface area contributed by atoms with E-state index in [1.165, 1.54) is 0 Å². The van der Waals surface area contributed by atoms with Gasteiger partial charge in [0.2, 0.25) is 0 Å².